The second-order valence-corrected chi connectivity index (χ2v) is 9.02. The second kappa shape index (κ2) is 8.61. The monoisotopic (exact) mass is 455 g/mol. The molecule has 3 aliphatic heterocycles. The summed E-state index contributed by atoms with van der Waals surface area (Å²) < 4.78 is 5.78. The molecule has 0 radical (unpaired) electrons. The van der Waals surface area contributed by atoms with Crippen LogP contribution in [0.25, 0.3) is 0 Å². The van der Waals surface area contributed by atoms with Crippen LogP contribution in [-0.2, 0) is 19.1 Å². The van der Waals surface area contributed by atoms with Crippen molar-refractivity contribution in [2.24, 2.45) is 0 Å². The van der Waals surface area contributed by atoms with E-state index in [0.29, 0.717) is 32.2 Å². The standard InChI is InChI=1S/C24H29N3O6/c1-4-24(3,5-2)33-23(32)18-11-8-14-25-19(28)13-12-17(22(31)27(18)25)26-20(29)15-9-6-7-10-16(15)21(26)30/h6-7,9-10,17-18H,4-5,8,11-14H2,1-3H3/t17?,18-/m0/s1. The SMILES string of the molecule is CCC(C)(CC)OC(=O)[C@@H]1CCCN2C(=O)CCC(N3C(=O)c4ccccc4C3=O)C(=O)N12. The van der Waals surface area contributed by atoms with Crippen molar-refractivity contribution in [3.05, 3.63) is 35.4 Å². The molecule has 0 saturated carbocycles. The molecular formula is C24H29N3O6. The summed E-state index contributed by atoms with van der Waals surface area (Å²) in [4.78, 5) is 66.8. The Balaban J connectivity index is 1.67. The van der Waals surface area contributed by atoms with Crippen molar-refractivity contribution < 1.29 is 28.7 Å². The molecule has 1 aromatic carbocycles. The summed E-state index contributed by atoms with van der Waals surface area (Å²) in [6.45, 7) is 5.97. The van der Waals surface area contributed by atoms with Crippen LogP contribution in [0.15, 0.2) is 24.3 Å². The zero-order chi connectivity index (χ0) is 23.9. The molecular weight excluding hydrogens is 426 g/mol. The number of benzene rings is 1. The Morgan fingerprint density at radius 2 is 1.64 bits per heavy atom. The van der Waals surface area contributed by atoms with Crippen molar-refractivity contribution in [1.29, 1.82) is 0 Å². The Bertz CT molecular complexity index is 982. The molecule has 2 saturated heterocycles. The fourth-order valence-corrected chi connectivity index (χ4v) is 4.67. The molecule has 2 fully saturated rings. The van der Waals surface area contributed by atoms with Gasteiger partial charge in [0, 0.05) is 13.0 Å². The van der Waals surface area contributed by atoms with E-state index in [-0.39, 0.29) is 29.9 Å². The van der Waals surface area contributed by atoms with Crippen LogP contribution in [0.2, 0.25) is 0 Å². The van der Waals surface area contributed by atoms with Crippen LogP contribution in [0.5, 0.6) is 0 Å². The van der Waals surface area contributed by atoms with E-state index < -0.39 is 41.4 Å². The Morgan fingerprint density at radius 1 is 1.03 bits per heavy atom. The first-order valence-electron chi connectivity index (χ1n) is 11.6. The number of nitrogens with zero attached hydrogens (tertiary/aromatic N) is 3. The Morgan fingerprint density at radius 3 is 2.21 bits per heavy atom. The third-order valence-corrected chi connectivity index (χ3v) is 7.09. The average molecular weight is 456 g/mol. The Kier molecular flexibility index (Phi) is 5.99. The summed E-state index contributed by atoms with van der Waals surface area (Å²) in [5.74, 6) is -2.61. The summed E-state index contributed by atoms with van der Waals surface area (Å²) in [7, 11) is 0. The lowest BCUT2D eigenvalue weighted by atomic mass is 9.99. The first kappa shape index (κ1) is 22.9. The summed E-state index contributed by atoms with van der Waals surface area (Å²) in [5, 5.41) is 2.45. The Hall–Kier alpha value is -3.23. The van der Waals surface area contributed by atoms with Gasteiger partial charge < -0.3 is 4.74 Å². The molecule has 33 heavy (non-hydrogen) atoms. The van der Waals surface area contributed by atoms with Gasteiger partial charge in [0.15, 0.2) is 6.04 Å². The summed E-state index contributed by atoms with van der Waals surface area (Å²) in [6, 6.07) is 4.26. The summed E-state index contributed by atoms with van der Waals surface area (Å²) in [6.07, 6.45) is 2.10. The van der Waals surface area contributed by atoms with Crippen LogP contribution in [0, 0.1) is 0 Å². The molecule has 4 amide bonds. The van der Waals surface area contributed by atoms with Crippen molar-refractivity contribution in [2.75, 3.05) is 6.54 Å². The van der Waals surface area contributed by atoms with Gasteiger partial charge in [-0.3, -0.25) is 29.1 Å². The molecule has 2 atom stereocenters. The first-order chi connectivity index (χ1) is 15.7. The third kappa shape index (κ3) is 3.79. The molecule has 1 unspecified atom stereocenters. The highest BCUT2D eigenvalue weighted by Gasteiger charge is 2.51. The third-order valence-electron chi connectivity index (χ3n) is 7.09. The topological polar surface area (TPSA) is 104 Å². The molecule has 0 aliphatic carbocycles. The minimum Gasteiger partial charge on any atom is -0.458 e. The average Bonchev–Trinajstić information content (AvgIpc) is 3.00. The fraction of sp³-hybridized carbons (Fsp3) is 0.542. The number of amides is 4. The van der Waals surface area contributed by atoms with Gasteiger partial charge in [0.2, 0.25) is 5.91 Å². The lowest BCUT2D eigenvalue weighted by Crippen LogP contribution is -2.63. The maximum Gasteiger partial charge on any atom is 0.331 e. The smallest absolute Gasteiger partial charge is 0.331 e. The second-order valence-electron chi connectivity index (χ2n) is 9.02. The van der Waals surface area contributed by atoms with Gasteiger partial charge in [0.1, 0.15) is 11.6 Å². The Labute approximate surface area is 192 Å². The quantitative estimate of drug-likeness (QED) is 0.498. The highest BCUT2D eigenvalue weighted by Crippen LogP contribution is 2.32. The number of hydrazine groups is 1. The van der Waals surface area contributed by atoms with E-state index in [9.17, 15) is 24.0 Å². The largest absolute Gasteiger partial charge is 0.458 e. The van der Waals surface area contributed by atoms with Gasteiger partial charge in [0.05, 0.1) is 11.1 Å². The molecule has 0 aromatic heterocycles. The molecule has 3 aliphatic rings. The van der Waals surface area contributed by atoms with Crippen LogP contribution < -0.4 is 0 Å². The number of hydrogen-bond donors (Lipinski definition) is 0. The number of ether oxygens (including phenoxy) is 1. The van der Waals surface area contributed by atoms with Crippen molar-refractivity contribution in [3.8, 4) is 0 Å². The minimum atomic E-state index is -1.16. The maximum absolute atomic E-state index is 13.8. The van der Waals surface area contributed by atoms with E-state index in [4.69, 9.17) is 4.74 Å². The molecule has 9 heteroatoms. The highest BCUT2D eigenvalue weighted by atomic mass is 16.6. The summed E-state index contributed by atoms with van der Waals surface area (Å²) >= 11 is 0. The van der Waals surface area contributed by atoms with E-state index in [0.717, 1.165) is 9.91 Å². The van der Waals surface area contributed by atoms with Gasteiger partial charge in [-0.1, -0.05) is 26.0 Å². The predicted molar refractivity (Wildman–Crippen MR) is 117 cm³/mol. The lowest BCUT2D eigenvalue weighted by molar-refractivity contribution is -0.190. The van der Waals surface area contributed by atoms with Gasteiger partial charge in [-0.15, -0.1) is 0 Å². The number of fused-ring (bicyclic) bond motifs is 2. The zero-order valence-corrected chi connectivity index (χ0v) is 19.2. The number of carbonyl (C=O) groups is 5. The van der Waals surface area contributed by atoms with Gasteiger partial charge >= 0.3 is 5.97 Å². The lowest BCUT2D eigenvalue weighted by Gasteiger charge is -2.43. The first-order valence-corrected chi connectivity index (χ1v) is 11.6. The van der Waals surface area contributed by atoms with E-state index >= 15 is 0 Å². The highest BCUT2D eigenvalue weighted by molar-refractivity contribution is 6.23. The van der Waals surface area contributed by atoms with Gasteiger partial charge in [-0.2, -0.15) is 0 Å². The van der Waals surface area contributed by atoms with Gasteiger partial charge in [-0.05, 0) is 51.2 Å². The van der Waals surface area contributed by atoms with Crippen molar-refractivity contribution in [3.63, 3.8) is 0 Å². The van der Waals surface area contributed by atoms with Crippen LogP contribution in [-0.4, -0.2) is 68.7 Å². The van der Waals surface area contributed by atoms with E-state index in [1.165, 1.54) is 5.01 Å². The number of esters is 1. The van der Waals surface area contributed by atoms with Crippen molar-refractivity contribution in [2.45, 2.75) is 77.0 Å². The van der Waals surface area contributed by atoms with Crippen molar-refractivity contribution in [1.82, 2.24) is 14.9 Å². The number of imide groups is 1. The normalized spacial score (nSPS) is 23.4. The predicted octanol–water partition coefficient (Wildman–Crippen LogP) is 2.30. The molecule has 0 spiro atoms. The molecule has 4 rings (SSSR count). The molecule has 176 valence electrons. The molecule has 9 nitrogen and oxygen atoms in total. The minimum absolute atomic E-state index is 0.0102. The van der Waals surface area contributed by atoms with E-state index in [1.54, 1.807) is 24.3 Å². The molecule has 3 heterocycles. The van der Waals surface area contributed by atoms with Gasteiger partial charge in [0.25, 0.3) is 17.7 Å². The zero-order valence-electron chi connectivity index (χ0n) is 19.2. The van der Waals surface area contributed by atoms with Crippen LogP contribution in [0.3, 0.4) is 0 Å². The number of carbonyl (C=O) groups excluding carboxylic acids is 5. The molecule has 0 bridgehead atoms. The maximum atomic E-state index is 13.8. The molecule has 0 N–H and O–H groups in total. The van der Waals surface area contributed by atoms with Crippen LogP contribution in [0.1, 0.15) is 80.0 Å². The van der Waals surface area contributed by atoms with E-state index in [2.05, 4.69) is 0 Å². The number of rotatable bonds is 5. The van der Waals surface area contributed by atoms with Gasteiger partial charge in [-0.25, -0.2) is 9.80 Å². The fourth-order valence-electron chi connectivity index (χ4n) is 4.67. The van der Waals surface area contributed by atoms with Crippen LogP contribution in [0.4, 0.5) is 0 Å². The number of hydrogen-bond acceptors (Lipinski definition) is 6. The summed E-state index contributed by atoms with van der Waals surface area (Å²) in [5.41, 5.74) is -0.210. The van der Waals surface area contributed by atoms with Crippen molar-refractivity contribution >= 4 is 29.6 Å². The van der Waals surface area contributed by atoms with E-state index in [1.807, 2.05) is 20.8 Å². The van der Waals surface area contributed by atoms with Crippen LogP contribution >= 0.6 is 0 Å². The molecule has 1 aromatic rings.